The fourth-order valence-corrected chi connectivity index (χ4v) is 4.72. The zero-order chi connectivity index (χ0) is 20.0. The van der Waals surface area contributed by atoms with Gasteiger partial charge in [0.2, 0.25) is 5.82 Å². The Labute approximate surface area is 172 Å². The van der Waals surface area contributed by atoms with E-state index in [2.05, 4.69) is 32.1 Å². The maximum Gasteiger partial charge on any atom is 0.289 e. The Hall–Kier alpha value is -3.00. The quantitative estimate of drug-likeness (QED) is 0.562. The molecular weight excluding hydrogens is 384 g/mol. The number of benzene rings is 1. The minimum absolute atomic E-state index is 0.218. The normalized spacial score (nSPS) is 14.2. The zero-order valence-electron chi connectivity index (χ0n) is 16.5. The Morgan fingerprint density at radius 2 is 1.93 bits per heavy atom. The molecule has 0 spiro atoms. The second-order valence-corrected chi connectivity index (χ2v) is 8.46. The van der Waals surface area contributed by atoms with Crippen molar-refractivity contribution >= 4 is 45.0 Å². The Bertz CT molecular complexity index is 1220. The molecule has 0 bridgehead atoms. The number of aryl methyl sites for hydroxylation is 2. The summed E-state index contributed by atoms with van der Waals surface area (Å²) < 4.78 is 2.00. The van der Waals surface area contributed by atoms with Crippen LogP contribution in [0.25, 0.3) is 21.9 Å². The van der Waals surface area contributed by atoms with Gasteiger partial charge in [0.15, 0.2) is 0 Å². The van der Waals surface area contributed by atoms with Gasteiger partial charge in [-0.3, -0.25) is 4.79 Å². The van der Waals surface area contributed by atoms with E-state index < -0.39 is 0 Å². The Morgan fingerprint density at radius 1 is 1.14 bits per heavy atom. The number of carbonyl (C=O) groups is 1. The molecule has 4 heterocycles. The molecule has 1 aliphatic heterocycles. The lowest BCUT2D eigenvalue weighted by Crippen LogP contribution is -2.28. The minimum atomic E-state index is -0.275. The summed E-state index contributed by atoms with van der Waals surface area (Å²) in [6.45, 7) is 4.36. The van der Waals surface area contributed by atoms with Gasteiger partial charge < -0.3 is 14.8 Å². The van der Waals surface area contributed by atoms with Crippen LogP contribution in [0.3, 0.4) is 0 Å². The van der Waals surface area contributed by atoms with Crippen molar-refractivity contribution in [3.05, 3.63) is 46.2 Å². The molecule has 5 rings (SSSR count). The van der Waals surface area contributed by atoms with Crippen LogP contribution in [0.4, 0.5) is 5.82 Å². The van der Waals surface area contributed by atoms with Crippen LogP contribution in [-0.2, 0) is 13.6 Å². The van der Waals surface area contributed by atoms with Crippen molar-refractivity contribution in [2.24, 2.45) is 7.05 Å². The van der Waals surface area contributed by atoms with Gasteiger partial charge in [-0.2, -0.15) is 0 Å². The lowest BCUT2D eigenvalue weighted by Gasteiger charge is -2.18. The zero-order valence-corrected chi connectivity index (χ0v) is 17.3. The largest absolute Gasteiger partial charge is 0.356 e. The molecule has 1 N–H and O–H groups in total. The number of aromatic nitrogens is 4. The highest BCUT2D eigenvalue weighted by Gasteiger charge is 2.22. The smallest absolute Gasteiger partial charge is 0.289 e. The number of para-hydroxylation sites is 2. The topological polar surface area (TPSA) is 75.9 Å². The Kier molecular flexibility index (Phi) is 4.43. The molecule has 0 atom stereocenters. The molecule has 1 amide bonds. The minimum Gasteiger partial charge on any atom is -0.356 e. The van der Waals surface area contributed by atoms with Gasteiger partial charge in [0.1, 0.15) is 11.6 Å². The summed E-state index contributed by atoms with van der Waals surface area (Å²) in [5.74, 6) is 1.63. The number of nitrogens with zero attached hydrogens (tertiary/aromatic N) is 5. The summed E-state index contributed by atoms with van der Waals surface area (Å²) in [6, 6.07) is 7.94. The van der Waals surface area contributed by atoms with Crippen molar-refractivity contribution < 1.29 is 4.79 Å². The fraction of sp³-hybridized carbons (Fsp3) is 0.333. The molecule has 29 heavy (non-hydrogen) atoms. The maximum absolute atomic E-state index is 12.9. The predicted molar refractivity (Wildman–Crippen MR) is 115 cm³/mol. The number of thiophene rings is 1. The second-order valence-electron chi connectivity index (χ2n) is 7.38. The van der Waals surface area contributed by atoms with Gasteiger partial charge in [-0.05, 0) is 31.9 Å². The summed E-state index contributed by atoms with van der Waals surface area (Å²) in [5, 5.41) is 6.03. The monoisotopic (exact) mass is 406 g/mol. The molecule has 8 heteroatoms. The van der Waals surface area contributed by atoms with Crippen LogP contribution in [0, 0.1) is 6.92 Å². The molecule has 1 aliphatic rings. The van der Waals surface area contributed by atoms with Gasteiger partial charge in [-0.25, -0.2) is 15.0 Å². The van der Waals surface area contributed by atoms with Crippen molar-refractivity contribution in [3.63, 3.8) is 0 Å². The fourth-order valence-electron chi connectivity index (χ4n) is 3.94. The lowest BCUT2D eigenvalue weighted by molar-refractivity contribution is 0.0939. The van der Waals surface area contributed by atoms with E-state index in [9.17, 15) is 4.79 Å². The van der Waals surface area contributed by atoms with Crippen molar-refractivity contribution in [2.45, 2.75) is 26.3 Å². The van der Waals surface area contributed by atoms with Crippen molar-refractivity contribution in [2.75, 3.05) is 18.0 Å². The van der Waals surface area contributed by atoms with Crippen LogP contribution < -0.4 is 10.2 Å². The first-order valence-corrected chi connectivity index (χ1v) is 10.7. The summed E-state index contributed by atoms with van der Waals surface area (Å²) >= 11 is 1.65. The number of nitrogens with one attached hydrogen (secondary N) is 1. The van der Waals surface area contributed by atoms with Crippen molar-refractivity contribution in [1.82, 2.24) is 24.8 Å². The molecule has 1 saturated heterocycles. The molecule has 4 aromatic rings. The third-order valence-electron chi connectivity index (χ3n) is 5.51. The summed E-state index contributed by atoms with van der Waals surface area (Å²) in [6.07, 6.45) is 2.31. The van der Waals surface area contributed by atoms with E-state index in [1.165, 1.54) is 4.88 Å². The third kappa shape index (κ3) is 3.13. The third-order valence-corrected chi connectivity index (χ3v) is 6.41. The van der Waals surface area contributed by atoms with E-state index in [0.717, 1.165) is 59.5 Å². The van der Waals surface area contributed by atoms with E-state index >= 15 is 0 Å². The van der Waals surface area contributed by atoms with Crippen molar-refractivity contribution in [3.8, 4) is 0 Å². The Balaban J connectivity index is 1.44. The predicted octanol–water partition coefficient (Wildman–Crippen LogP) is 3.42. The van der Waals surface area contributed by atoms with Gasteiger partial charge in [0.05, 0.1) is 28.5 Å². The second kappa shape index (κ2) is 7.11. The van der Waals surface area contributed by atoms with Crippen LogP contribution in [0.15, 0.2) is 29.6 Å². The molecule has 7 nitrogen and oxygen atoms in total. The van der Waals surface area contributed by atoms with E-state index in [1.807, 2.05) is 41.3 Å². The highest BCUT2D eigenvalue weighted by molar-refractivity contribution is 7.11. The molecule has 0 aliphatic carbocycles. The first kappa shape index (κ1) is 18.1. The van der Waals surface area contributed by atoms with E-state index in [4.69, 9.17) is 0 Å². The number of hydrogen-bond acceptors (Lipinski definition) is 6. The van der Waals surface area contributed by atoms with Crippen molar-refractivity contribution in [1.29, 1.82) is 0 Å². The summed E-state index contributed by atoms with van der Waals surface area (Å²) in [4.78, 5) is 30.2. The average molecular weight is 407 g/mol. The standard InChI is InChI=1S/C21H22N6OS/c1-13-18-15(12-29-13)24-19(25-20(18)27-9-5-6-10-27)21(28)22-11-17-23-14-7-3-4-8-16(14)26(17)2/h3-4,7-8,12H,5-6,9-11H2,1-2H3,(H,22,28). The number of amides is 1. The lowest BCUT2D eigenvalue weighted by atomic mass is 10.2. The van der Waals surface area contributed by atoms with Crippen LogP contribution in [0.2, 0.25) is 0 Å². The van der Waals surface area contributed by atoms with E-state index in [-0.39, 0.29) is 11.7 Å². The average Bonchev–Trinajstić information content (AvgIpc) is 3.46. The van der Waals surface area contributed by atoms with Gasteiger partial charge in [-0.1, -0.05) is 12.1 Å². The highest BCUT2D eigenvalue weighted by atomic mass is 32.1. The summed E-state index contributed by atoms with van der Waals surface area (Å²) in [5.41, 5.74) is 2.80. The highest BCUT2D eigenvalue weighted by Crippen LogP contribution is 2.33. The Morgan fingerprint density at radius 3 is 2.72 bits per heavy atom. The van der Waals surface area contributed by atoms with Crippen LogP contribution in [0.5, 0.6) is 0 Å². The molecule has 3 aromatic heterocycles. The first-order chi connectivity index (χ1) is 14.1. The number of fused-ring (bicyclic) bond motifs is 2. The first-order valence-electron chi connectivity index (χ1n) is 9.81. The van der Waals surface area contributed by atoms with Crippen LogP contribution in [0.1, 0.15) is 34.2 Å². The molecule has 0 radical (unpaired) electrons. The van der Waals surface area contributed by atoms with Gasteiger partial charge in [-0.15, -0.1) is 11.3 Å². The van der Waals surface area contributed by atoms with Gasteiger partial charge >= 0.3 is 0 Å². The molecule has 0 saturated carbocycles. The van der Waals surface area contributed by atoms with Gasteiger partial charge in [0.25, 0.3) is 5.91 Å². The molecule has 1 aromatic carbocycles. The molecule has 148 valence electrons. The van der Waals surface area contributed by atoms with Gasteiger partial charge in [0, 0.05) is 30.4 Å². The number of rotatable bonds is 4. The molecule has 1 fully saturated rings. The molecular formula is C21H22N6OS. The molecule has 0 unspecified atom stereocenters. The van der Waals surface area contributed by atoms with Crippen LogP contribution >= 0.6 is 11.3 Å². The maximum atomic E-state index is 12.9. The van der Waals surface area contributed by atoms with Crippen LogP contribution in [-0.4, -0.2) is 38.5 Å². The number of imidazole rings is 1. The SMILES string of the molecule is Cc1scc2nc(C(=O)NCc3nc4ccccc4n3C)nc(N3CCCC3)c12. The summed E-state index contributed by atoms with van der Waals surface area (Å²) in [7, 11) is 1.96. The number of hydrogen-bond donors (Lipinski definition) is 1. The van der Waals surface area contributed by atoms with E-state index in [0.29, 0.717) is 6.54 Å². The van der Waals surface area contributed by atoms with E-state index in [1.54, 1.807) is 11.3 Å². The number of carbonyl (C=O) groups excluding carboxylic acids is 1. The number of anilines is 1.